The molecule has 0 radical (unpaired) electrons. The largest absolute Gasteiger partial charge is 0.380 e. The van der Waals surface area contributed by atoms with Crippen molar-refractivity contribution >= 4 is 5.91 Å². The number of nitrogens with two attached hydrogens (primary N) is 1. The molecule has 16 heavy (non-hydrogen) atoms. The highest BCUT2D eigenvalue weighted by Gasteiger charge is 2.48. The van der Waals surface area contributed by atoms with Gasteiger partial charge in [0.15, 0.2) is 0 Å². The van der Waals surface area contributed by atoms with Crippen LogP contribution in [-0.2, 0) is 9.53 Å². The summed E-state index contributed by atoms with van der Waals surface area (Å²) in [4.78, 5) is 14.0. The highest BCUT2D eigenvalue weighted by molar-refractivity contribution is 5.83. The molecule has 1 fully saturated rings. The minimum atomic E-state index is -0.277. The summed E-state index contributed by atoms with van der Waals surface area (Å²) in [6, 6.07) is 0. The topological polar surface area (TPSA) is 55.6 Å². The molecule has 1 aliphatic carbocycles. The van der Waals surface area contributed by atoms with Crippen LogP contribution < -0.4 is 5.73 Å². The molecule has 4 nitrogen and oxygen atoms in total. The highest BCUT2D eigenvalue weighted by Crippen LogP contribution is 2.45. The Bertz CT molecular complexity index is 237. The van der Waals surface area contributed by atoms with Gasteiger partial charge in [0.05, 0.1) is 12.0 Å². The lowest BCUT2D eigenvalue weighted by atomic mass is 9.62. The third-order valence-electron chi connectivity index (χ3n) is 3.44. The van der Waals surface area contributed by atoms with Crippen molar-refractivity contribution < 1.29 is 9.53 Å². The molecule has 0 aliphatic heterocycles. The molecule has 0 atom stereocenters. The molecule has 0 aromatic carbocycles. The van der Waals surface area contributed by atoms with Gasteiger partial charge in [0, 0.05) is 26.7 Å². The van der Waals surface area contributed by atoms with Crippen LogP contribution >= 0.6 is 0 Å². The molecule has 1 aliphatic rings. The van der Waals surface area contributed by atoms with E-state index in [0.717, 1.165) is 12.8 Å². The molecule has 1 rings (SSSR count). The number of hydrogen-bond acceptors (Lipinski definition) is 3. The van der Waals surface area contributed by atoms with Crippen LogP contribution in [-0.4, -0.2) is 44.2 Å². The molecular formula is C12H24N2O2. The third-order valence-corrected chi connectivity index (χ3v) is 3.44. The first kappa shape index (κ1) is 13.5. The van der Waals surface area contributed by atoms with Gasteiger partial charge in [-0.05, 0) is 25.7 Å². The van der Waals surface area contributed by atoms with E-state index in [9.17, 15) is 4.79 Å². The predicted molar refractivity (Wildman–Crippen MR) is 64.0 cm³/mol. The Morgan fingerprint density at radius 1 is 1.56 bits per heavy atom. The first-order valence-electron chi connectivity index (χ1n) is 6.09. The summed E-state index contributed by atoms with van der Waals surface area (Å²) < 4.78 is 5.25. The number of carbonyl (C=O) groups is 1. The molecule has 0 aromatic heterocycles. The summed E-state index contributed by atoms with van der Waals surface area (Å²) in [5.74, 6) is 0.820. The second kappa shape index (κ2) is 5.64. The monoisotopic (exact) mass is 228 g/mol. The molecule has 94 valence electrons. The lowest BCUT2D eigenvalue weighted by Crippen LogP contribution is -2.54. The van der Waals surface area contributed by atoms with Crippen molar-refractivity contribution in [3.8, 4) is 0 Å². The van der Waals surface area contributed by atoms with Crippen LogP contribution in [0.2, 0.25) is 0 Å². The molecule has 1 saturated carbocycles. The van der Waals surface area contributed by atoms with E-state index in [1.54, 1.807) is 4.90 Å². The minimum absolute atomic E-state index is 0.188. The van der Waals surface area contributed by atoms with Crippen LogP contribution in [0.5, 0.6) is 0 Å². The van der Waals surface area contributed by atoms with Crippen LogP contribution in [0.25, 0.3) is 0 Å². The van der Waals surface area contributed by atoms with Gasteiger partial charge in [-0.25, -0.2) is 0 Å². The number of rotatable bonds is 6. The Balaban J connectivity index is 2.43. The Morgan fingerprint density at radius 3 is 2.62 bits per heavy atom. The molecule has 0 spiro atoms. The molecule has 0 aromatic rings. The number of hydrogen-bond donors (Lipinski definition) is 1. The Labute approximate surface area is 98.1 Å². The van der Waals surface area contributed by atoms with Crippen LogP contribution in [0.3, 0.4) is 0 Å². The van der Waals surface area contributed by atoms with Gasteiger partial charge < -0.3 is 15.4 Å². The van der Waals surface area contributed by atoms with E-state index < -0.39 is 0 Å². The summed E-state index contributed by atoms with van der Waals surface area (Å²) in [6.07, 6.45) is 1.86. The van der Waals surface area contributed by atoms with Gasteiger partial charge in [-0.3, -0.25) is 4.79 Å². The average Bonchev–Trinajstić information content (AvgIpc) is 2.23. The van der Waals surface area contributed by atoms with Crippen LogP contribution in [0, 0.1) is 11.3 Å². The van der Waals surface area contributed by atoms with E-state index in [1.165, 1.54) is 0 Å². The highest BCUT2D eigenvalue weighted by atomic mass is 16.5. The second-order valence-electron chi connectivity index (χ2n) is 4.92. The van der Waals surface area contributed by atoms with Gasteiger partial charge in [-0.1, -0.05) is 6.92 Å². The fraction of sp³-hybridized carbons (Fsp3) is 0.917. The maximum atomic E-state index is 12.2. The summed E-state index contributed by atoms with van der Waals surface area (Å²) in [6.45, 7) is 6.55. The molecule has 0 unspecified atom stereocenters. The molecule has 0 bridgehead atoms. The number of carbonyl (C=O) groups excluding carboxylic acids is 1. The van der Waals surface area contributed by atoms with Crippen molar-refractivity contribution in [1.29, 1.82) is 0 Å². The van der Waals surface area contributed by atoms with E-state index in [0.29, 0.717) is 32.2 Å². The smallest absolute Gasteiger partial charge is 0.229 e. The SMILES string of the molecule is CCOCCN(C)C(=O)C1(CN)CC(C)C1. The zero-order valence-electron chi connectivity index (χ0n) is 10.7. The quantitative estimate of drug-likeness (QED) is 0.686. The predicted octanol–water partition coefficient (Wildman–Crippen LogP) is 0.856. The number of ether oxygens (including phenoxy) is 1. The van der Waals surface area contributed by atoms with Crippen LogP contribution in [0.15, 0.2) is 0 Å². The van der Waals surface area contributed by atoms with E-state index in [4.69, 9.17) is 10.5 Å². The average molecular weight is 228 g/mol. The van der Waals surface area contributed by atoms with Crippen molar-refractivity contribution in [2.24, 2.45) is 17.1 Å². The van der Waals surface area contributed by atoms with Crippen LogP contribution in [0.1, 0.15) is 26.7 Å². The molecule has 0 saturated heterocycles. The van der Waals surface area contributed by atoms with Gasteiger partial charge in [-0.15, -0.1) is 0 Å². The standard InChI is InChI=1S/C12H24N2O2/c1-4-16-6-5-14(3)11(15)12(9-13)7-10(2)8-12/h10H,4-9,13H2,1-3H3. The Kier molecular flexibility index (Phi) is 4.74. The molecule has 1 amide bonds. The number of amides is 1. The van der Waals surface area contributed by atoms with Crippen molar-refractivity contribution in [3.05, 3.63) is 0 Å². The fourth-order valence-corrected chi connectivity index (χ4v) is 2.56. The van der Waals surface area contributed by atoms with Gasteiger partial charge in [-0.2, -0.15) is 0 Å². The molecule has 4 heteroatoms. The van der Waals surface area contributed by atoms with Crippen molar-refractivity contribution in [2.45, 2.75) is 26.7 Å². The van der Waals surface area contributed by atoms with Crippen molar-refractivity contribution in [2.75, 3.05) is 33.4 Å². The van der Waals surface area contributed by atoms with E-state index in [-0.39, 0.29) is 11.3 Å². The second-order valence-corrected chi connectivity index (χ2v) is 4.92. The summed E-state index contributed by atoms with van der Waals surface area (Å²) in [7, 11) is 1.84. The normalized spacial score (nSPS) is 28.6. The Hall–Kier alpha value is -0.610. The molecule has 0 heterocycles. The lowest BCUT2D eigenvalue weighted by molar-refractivity contribution is -0.148. The van der Waals surface area contributed by atoms with Crippen molar-refractivity contribution in [1.82, 2.24) is 4.90 Å². The fourth-order valence-electron chi connectivity index (χ4n) is 2.56. The van der Waals surface area contributed by atoms with E-state index in [1.807, 2.05) is 14.0 Å². The molecular weight excluding hydrogens is 204 g/mol. The maximum absolute atomic E-state index is 12.2. The van der Waals surface area contributed by atoms with E-state index >= 15 is 0 Å². The molecule has 2 N–H and O–H groups in total. The number of nitrogens with zero attached hydrogens (tertiary/aromatic N) is 1. The Morgan fingerprint density at radius 2 is 2.19 bits per heavy atom. The van der Waals surface area contributed by atoms with Gasteiger partial charge in [0.2, 0.25) is 5.91 Å². The van der Waals surface area contributed by atoms with E-state index in [2.05, 4.69) is 6.92 Å². The van der Waals surface area contributed by atoms with Crippen LogP contribution in [0.4, 0.5) is 0 Å². The maximum Gasteiger partial charge on any atom is 0.229 e. The zero-order chi connectivity index (χ0) is 12.2. The minimum Gasteiger partial charge on any atom is -0.380 e. The summed E-state index contributed by atoms with van der Waals surface area (Å²) >= 11 is 0. The van der Waals surface area contributed by atoms with Gasteiger partial charge in [0.1, 0.15) is 0 Å². The number of likely N-dealkylation sites (N-methyl/N-ethyl adjacent to an activating group) is 1. The van der Waals surface area contributed by atoms with Crippen molar-refractivity contribution in [3.63, 3.8) is 0 Å². The van der Waals surface area contributed by atoms with Gasteiger partial charge in [0.25, 0.3) is 0 Å². The first-order valence-corrected chi connectivity index (χ1v) is 6.09. The van der Waals surface area contributed by atoms with Gasteiger partial charge >= 0.3 is 0 Å². The first-order chi connectivity index (χ1) is 7.55. The third kappa shape index (κ3) is 2.74. The zero-order valence-corrected chi connectivity index (χ0v) is 10.7. The lowest BCUT2D eigenvalue weighted by Gasteiger charge is -2.46. The summed E-state index contributed by atoms with van der Waals surface area (Å²) in [5.41, 5.74) is 5.47. The summed E-state index contributed by atoms with van der Waals surface area (Å²) in [5, 5.41) is 0.